The molecule has 1 saturated heterocycles. The number of carbonyl (C=O) groups excluding carboxylic acids is 2. The highest BCUT2D eigenvalue weighted by molar-refractivity contribution is 5.94. The van der Waals surface area contributed by atoms with Gasteiger partial charge in [0, 0.05) is 68.4 Å². The van der Waals surface area contributed by atoms with Crippen molar-refractivity contribution >= 4 is 40.0 Å². The lowest BCUT2D eigenvalue weighted by atomic mass is 9.98. The zero-order valence-electron chi connectivity index (χ0n) is 36.8. The second-order valence-corrected chi connectivity index (χ2v) is 16.7. The Morgan fingerprint density at radius 3 is 2.52 bits per heavy atom. The van der Waals surface area contributed by atoms with Crippen molar-refractivity contribution in [1.82, 2.24) is 34.9 Å². The number of carbonyl (C=O) groups is 2. The van der Waals surface area contributed by atoms with Crippen LogP contribution in [0.2, 0.25) is 0 Å². The Morgan fingerprint density at radius 2 is 1.76 bits per heavy atom. The number of benzene rings is 4. The van der Waals surface area contributed by atoms with E-state index >= 15 is 0 Å². The molecule has 6 aromatic rings. The van der Waals surface area contributed by atoms with Crippen LogP contribution in [-0.4, -0.2) is 95.5 Å². The Labute approximate surface area is 383 Å². The third-order valence-electron chi connectivity index (χ3n) is 12.1. The summed E-state index contributed by atoms with van der Waals surface area (Å²) in [6.45, 7) is 9.11. The summed E-state index contributed by atoms with van der Waals surface area (Å²) in [5, 5.41) is 56.8. The molecule has 1 atom stereocenters. The second kappa shape index (κ2) is 18.9. The Balaban J connectivity index is 0.999. The number of anilines is 3. The number of phenolic OH excluding ortho intramolecular Hbond substituents is 2. The average molecular weight is 916 g/mol. The van der Waals surface area contributed by atoms with Gasteiger partial charge in [-0.3, -0.25) is 9.59 Å². The quantitative estimate of drug-likeness (QED) is 0.0746. The van der Waals surface area contributed by atoms with E-state index in [1.54, 1.807) is 18.7 Å². The third kappa shape index (κ3) is 9.46. The number of nitriles is 1. The lowest BCUT2D eigenvalue weighted by Gasteiger charge is -2.42. The standard InChI is InChI=1S/C48H48F3N11O5/c1-4-43(66)61-21-20-60(26-32(61)14-17-52)44-34-16-19-59(39-11-7-9-29-8-5-6-10-33(29)39)27-38(34)55-46(56-44)53-18-15-42(65)54-25-30-12-13-31(22-37(30)48(49,50)51)62-45(57-58-47(62)67)36-23-35(28(2)3)40(63)24-41(36)64/h4-13,22-24,28,32,63-64H,1,14-16,18-21,25-27H2,2-3H3,(H,54,65)(H,58,67)(H,53,55,56)/t32-/m1/s1. The van der Waals surface area contributed by atoms with Crippen LogP contribution in [0.1, 0.15) is 60.6 Å². The van der Waals surface area contributed by atoms with Crippen molar-refractivity contribution in [2.45, 2.75) is 64.3 Å². The van der Waals surface area contributed by atoms with Crippen molar-refractivity contribution in [2.75, 3.05) is 47.8 Å². The first-order valence-corrected chi connectivity index (χ1v) is 21.7. The van der Waals surface area contributed by atoms with Crippen LogP contribution in [-0.2, 0) is 35.3 Å². The first kappa shape index (κ1) is 45.7. The summed E-state index contributed by atoms with van der Waals surface area (Å²) >= 11 is 0. The van der Waals surface area contributed by atoms with Gasteiger partial charge in [0.05, 0.1) is 47.6 Å². The van der Waals surface area contributed by atoms with Crippen LogP contribution in [0.4, 0.5) is 30.6 Å². The zero-order chi connectivity index (χ0) is 47.6. The number of fused-ring (bicyclic) bond motifs is 2. The molecule has 4 heterocycles. The summed E-state index contributed by atoms with van der Waals surface area (Å²) in [4.78, 5) is 41.7. The molecule has 4 aromatic carbocycles. The zero-order valence-corrected chi connectivity index (χ0v) is 36.8. The molecule has 5 N–H and O–H groups in total. The van der Waals surface area contributed by atoms with Gasteiger partial charge in [-0.1, -0.05) is 68.0 Å². The van der Waals surface area contributed by atoms with Gasteiger partial charge < -0.3 is 40.7 Å². The molecule has 2 aliphatic heterocycles. The van der Waals surface area contributed by atoms with E-state index < -0.39 is 42.0 Å². The molecule has 8 rings (SSSR count). The van der Waals surface area contributed by atoms with Crippen molar-refractivity contribution in [3.63, 3.8) is 0 Å². The molecule has 0 radical (unpaired) electrons. The summed E-state index contributed by atoms with van der Waals surface area (Å²) in [6.07, 6.45) is -3.03. The van der Waals surface area contributed by atoms with Crippen LogP contribution in [0.3, 0.4) is 0 Å². The highest BCUT2D eigenvalue weighted by Gasteiger charge is 2.36. The number of rotatable bonds is 13. The van der Waals surface area contributed by atoms with Crippen LogP contribution in [0.25, 0.3) is 27.8 Å². The molecule has 16 nitrogen and oxygen atoms in total. The van der Waals surface area contributed by atoms with Gasteiger partial charge in [0.2, 0.25) is 17.8 Å². The predicted octanol–water partition coefficient (Wildman–Crippen LogP) is 6.93. The summed E-state index contributed by atoms with van der Waals surface area (Å²) in [5.74, 6) is -0.856. The summed E-state index contributed by atoms with van der Waals surface area (Å²) in [5.41, 5.74) is 1.73. The molecule has 1 fully saturated rings. The molecule has 2 aromatic heterocycles. The normalized spacial score (nSPS) is 15.1. The topological polar surface area (TPSA) is 209 Å². The lowest BCUT2D eigenvalue weighted by Crippen LogP contribution is -2.55. The fraction of sp³-hybridized carbons (Fsp3) is 0.312. The number of aromatic hydroxyl groups is 3. The van der Waals surface area contributed by atoms with Crippen LogP contribution >= 0.6 is 0 Å². The van der Waals surface area contributed by atoms with E-state index in [-0.39, 0.29) is 65.5 Å². The van der Waals surface area contributed by atoms with Crippen molar-refractivity contribution in [3.05, 3.63) is 113 Å². The van der Waals surface area contributed by atoms with E-state index in [2.05, 4.69) is 67.5 Å². The number of alkyl halides is 3. The number of nitrogens with one attached hydrogen (secondary N) is 2. The van der Waals surface area contributed by atoms with Crippen LogP contribution in [0.15, 0.2) is 85.5 Å². The number of hydrogen-bond donors (Lipinski definition) is 5. The second-order valence-electron chi connectivity index (χ2n) is 16.7. The van der Waals surface area contributed by atoms with Gasteiger partial charge in [-0.05, 0) is 59.2 Å². The maximum absolute atomic E-state index is 14.6. The molecule has 0 bridgehead atoms. The number of nitrogens with zero attached hydrogens (tertiary/aromatic N) is 9. The molecule has 0 aliphatic carbocycles. The lowest BCUT2D eigenvalue weighted by molar-refractivity contribution is -0.138. The van der Waals surface area contributed by atoms with Crippen molar-refractivity contribution < 1.29 is 38.1 Å². The number of hydrogen-bond acceptors (Lipinski definition) is 13. The van der Waals surface area contributed by atoms with Gasteiger partial charge in [-0.25, -0.2) is 9.55 Å². The van der Waals surface area contributed by atoms with Gasteiger partial charge in [0.15, 0.2) is 5.82 Å². The molecule has 346 valence electrons. The molecular formula is C48H48F3N11O5. The SMILES string of the molecule is C=CC(=O)N1CCN(c2nc(NCCC(=O)NCc3ccc(-n4c(O)nnc4-c4cc(C(C)C)c(O)cc4O)cc3C(F)(F)F)nc3c2CCN(c2cccc4ccccc24)C3)C[C@H]1CC#N. The molecule has 67 heavy (non-hydrogen) atoms. The van der Waals surface area contributed by atoms with E-state index in [1.165, 1.54) is 24.3 Å². The van der Waals surface area contributed by atoms with Crippen molar-refractivity contribution in [1.29, 1.82) is 5.26 Å². The van der Waals surface area contributed by atoms with E-state index in [4.69, 9.17) is 9.97 Å². The third-order valence-corrected chi connectivity index (χ3v) is 12.1. The van der Waals surface area contributed by atoms with Crippen LogP contribution in [0, 0.1) is 11.3 Å². The van der Waals surface area contributed by atoms with Crippen LogP contribution in [0.5, 0.6) is 17.5 Å². The Hall–Kier alpha value is -7.88. The molecular weight excluding hydrogens is 868 g/mol. The van der Waals surface area contributed by atoms with E-state index in [9.17, 15) is 43.3 Å². The number of amides is 2. The number of aromatic nitrogens is 5. The van der Waals surface area contributed by atoms with Gasteiger partial charge in [0.25, 0.3) is 0 Å². The fourth-order valence-corrected chi connectivity index (χ4v) is 8.79. The average Bonchev–Trinajstić information content (AvgIpc) is 3.69. The predicted molar refractivity (Wildman–Crippen MR) is 245 cm³/mol. The largest absolute Gasteiger partial charge is 0.508 e. The monoisotopic (exact) mass is 915 g/mol. The number of piperazine rings is 1. The highest BCUT2D eigenvalue weighted by Crippen LogP contribution is 2.41. The molecule has 2 aliphatic rings. The van der Waals surface area contributed by atoms with Gasteiger partial charge in [-0.2, -0.15) is 23.4 Å². The number of phenols is 2. The Morgan fingerprint density at radius 1 is 0.970 bits per heavy atom. The minimum atomic E-state index is -4.87. The first-order valence-electron chi connectivity index (χ1n) is 21.7. The Kier molecular flexibility index (Phi) is 12.9. The number of halogens is 3. The maximum Gasteiger partial charge on any atom is 0.416 e. The minimum absolute atomic E-state index is 0.0247. The van der Waals surface area contributed by atoms with Crippen molar-refractivity contribution in [3.8, 4) is 40.7 Å². The summed E-state index contributed by atoms with van der Waals surface area (Å²) < 4.78 is 44.8. The van der Waals surface area contributed by atoms with Crippen LogP contribution < -0.4 is 20.4 Å². The van der Waals surface area contributed by atoms with Gasteiger partial charge in [0.1, 0.15) is 17.3 Å². The highest BCUT2D eigenvalue weighted by atomic mass is 19.4. The summed E-state index contributed by atoms with van der Waals surface area (Å²) in [7, 11) is 0. The van der Waals surface area contributed by atoms with Gasteiger partial charge >= 0.3 is 12.2 Å². The van der Waals surface area contributed by atoms with Crippen molar-refractivity contribution in [2.24, 2.45) is 0 Å². The molecule has 0 spiro atoms. The van der Waals surface area contributed by atoms with E-state index in [1.807, 2.05) is 18.2 Å². The van der Waals surface area contributed by atoms with E-state index in [0.29, 0.717) is 50.5 Å². The summed E-state index contributed by atoms with van der Waals surface area (Å²) in [6, 6.07) is 21.2. The smallest absolute Gasteiger partial charge is 0.416 e. The molecule has 0 unspecified atom stereocenters. The van der Waals surface area contributed by atoms with E-state index in [0.717, 1.165) is 44.4 Å². The molecule has 2 amide bonds. The van der Waals surface area contributed by atoms with Gasteiger partial charge in [-0.15, -0.1) is 5.10 Å². The Bertz CT molecular complexity index is 2910. The molecule has 19 heteroatoms. The first-order chi connectivity index (χ1) is 32.1. The maximum atomic E-state index is 14.6. The minimum Gasteiger partial charge on any atom is -0.508 e. The fourth-order valence-electron chi connectivity index (χ4n) is 8.79. The molecule has 0 saturated carbocycles.